The van der Waals surface area contributed by atoms with Gasteiger partial charge in [0, 0.05) is 48.7 Å². The summed E-state index contributed by atoms with van der Waals surface area (Å²) < 4.78 is 33.0. The fraction of sp³-hybridized carbons (Fsp3) is 0.238. The van der Waals surface area contributed by atoms with Crippen LogP contribution in [0.4, 0.5) is 20.2 Å². The van der Waals surface area contributed by atoms with E-state index in [0.29, 0.717) is 60.1 Å². The molecular weight excluding hydrogens is 392 g/mol. The van der Waals surface area contributed by atoms with Crippen LogP contribution in [0.15, 0.2) is 36.7 Å². The monoisotopic (exact) mass is 413 g/mol. The van der Waals surface area contributed by atoms with E-state index >= 15 is 0 Å². The van der Waals surface area contributed by atoms with Crippen molar-refractivity contribution in [2.75, 3.05) is 32.1 Å². The lowest BCUT2D eigenvalue weighted by atomic mass is 10.0. The molecule has 3 aromatic rings. The fourth-order valence-electron chi connectivity index (χ4n) is 3.39. The number of aromatic amines is 1. The van der Waals surface area contributed by atoms with Crippen molar-refractivity contribution in [1.82, 2.24) is 20.6 Å². The van der Waals surface area contributed by atoms with Gasteiger partial charge in [0.25, 0.3) is 5.91 Å². The maximum atomic E-state index is 13.7. The maximum Gasteiger partial charge on any atom is 0.255 e. The second kappa shape index (κ2) is 8.50. The van der Waals surface area contributed by atoms with E-state index < -0.39 is 11.6 Å². The number of anilines is 2. The number of H-pyrrole nitrogens is 1. The molecular formula is C21H21F2N5O2. The van der Waals surface area contributed by atoms with Gasteiger partial charge in [-0.25, -0.2) is 8.78 Å². The number of likely N-dealkylation sites (N-methyl/N-ethyl adjacent to an activating group) is 1. The molecule has 4 rings (SSSR count). The minimum absolute atomic E-state index is 0.240. The average Bonchev–Trinajstić information content (AvgIpc) is 3.11. The molecule has 0 bridgehead atoms. The molecule has 2 aromatic heterocycles. The van der Waals surface area contributed by atoms with Crippen molar-refractivity contribution in [1.29, 1.82) is 0 Å². The first-order valence-corrected chi connectivity index (χ1v) is 9.55. The van der Waals surface area contributed by atoms with E-state index in [4.69, 9.17) is 4.74 Å². The van der Waals surface area contributed by atoms with Gasteiger partial charge in [-0.15, -0.1) is 0 Å². The summed E-state index contributed by atoms with van der Waals surface area (Å²) in [5.41, 5.74) is 3.31. The van der Waals surface area contributed by atoms with Crippen molar-refractivity contribution < 1.29 is 18.3 Å². The number of carbonyl (C=O) groups is 1. The zero-order chi connectivity index (χ0) is 21.1. The second-order valence-electron chi connectivity index (χ2n) is 6.81. The third-order valence-corrected chi connectivity index (χ3v) is 4.82. The summed E-state index contributed by atoms with van der Waals surface area (Å²) >= 11 is 0. The average molecular weight is 413 g/mol. The van der Waals surface area contributed by atoms with Crippen molar-refractivity contribution in [2.45, 2.75) is 6.42 Å². The van der Waals surface area contributed by atoms with Crippen LogP contribution in [0.3, 0.4) is 0 Å². The van der Waals surface area contributed by atoms with Crippen molar-refractivity contribution in [3.8, 4) is 17.0 Å². The van der Waals surface area contributed by atoms with Gasteiger partial charge in [-0.2, -0.15) is 0 Å². The van der Waals surface area contributed by atoms with Crippen molar-refractivity contribution in [3.63, 3.8) is 0 Å². The zero-order valence-electron chi connectivity index (χ0n) is 16.3. The minimum atomic E-state index is -0.976. The van der Waals surface area contributed by atoms with Crippen LogP contribution in [-0.2, 0) is 6.42 Å². The summed E-state index contributed by atoms with van der Waals surface area (Å²) in [6, 6.07) is 5.28. The van der Waals surface area contributed by atoms with Crippen LogP contribution in [0.25, 0.3) is 11.3 Å². The van der Waals surface area contributed by atoms with Crippen LogP contribution in [0.2, 0.25) is 0 Å². The number of pyridine rings is 1. The number of nitrogens with one attached hydrogen (secondary N) is 4. The third-order valence-electron chi connectivity index (χ3n) is 4.82. The zero-order valence-corrected chi connectivity index (χ0v) is 16.3. The maximum absolute atomic E-state index is 13.7. The number of hydrogen-bond acceptors (Lipinski definition) is 5. The number of benzene rings is 1. The van der Waals surface area contributed by atoms with Crippen LogP contribution in [0.5, 0.6) is 5.75 Å². The minimum Gasteiger partial charge on any atom is -0.490 e. The van der Waals surface area contributed by atoms with E-state index in [1.54, 1.807) is 18.5 Å². The Bertz CT molecular complexity index is 1080. The number of fused-ring (bicyclic) bond motifs is 1. The molecule has 0 saturated heterocycles. The number of carbonyl (C=O) groups excluding carboxylic acids is 1. The predicted molar refractivity (Wildman–Crippen MR) is 109 cm³/mol. The van der Waals surface area contributed by atoms with Gasteiger partial charge in [0.15, 0.2) is 11.6 Å². The molecule has 0 fully saturated rings. The molecule has 156 valence electrons. The Morgan fingerprint density at radius 3 is 2.90 bits per heavy atom. The highest BCUT2D eigenvalue weighted by atomic mass is 19.2. The number of nitrogens with zero attached hydrogens (tertiary/aromatic N) is 1. The standard InChI is InChI=1S/C21H21F2N5O2/c1-24-8-9-30-17-11-25-6-4-13(17)19-20(18-16(28-19)5-7-26-21(18)29)27-12-2-3-14(22)15(23)10-12/h2-4,6,10-11,24,27-28H,5,7-9H2,1H3,(H,26,29). The highest BCUT2D eigenvalue weighted by molar-refractivity contribution is 6.06. The third kappa shape index (κ3) is 3.84. The Morgan fingerprint density at radius 1 is 1.23 bits per heavy atom. The van der Waals surface area contributed by atoms with Gasteiger partial charge in [0.2, 0.25) is 0 Å². The van der Waals surface area contributed by atoms with Crippen LogP contribution < -0.4 is 20.7 Å². The molecule has 1 amide bonds. The van der Waals surface area contributed by atoms with Crippen molar-refractivity contribution in [2.24, 2.45) is 0 Å². The lowest BCUT2D eigenvalue weighted by molar-refractivity contribution is 0.0947. The topological polar surface area (TPSA) is 91.1 Å². The molecule has 1 aliphatic heterocycles. The number of rotatable bonds is 7. The molecule has 9 heteroatoms. The van der Waals surface area contributed by atoms with Crippen molar-refractivity contribution in [3.05, 3.63) is 59.6 Å². The van der Waals surface area contributed by atoms with Crippen LogP contribution in [-0.4, -0.2) is 42.6 Å². The first-order chi connectivity index (χ1) is 14.6. The normalized spacial score (nSPS) is 13.0. The summed E-state index contributed by atoms with van der Waals surface area (Å²) in [5.74, 6) is -1.62. The van der Waals surface area contributed by atoms with E-state index in [1.165, 1.54) is 6.07 Å². The Hall–Kier alpha value is -3.46. The number of ether oxygens (including phenoxy) is 1. The summed E-state index contributed by atoms with van der Waals surface area (Å²) in [7, 11) is 1.83. The van der Waals surface area contributed by atoms with Gasteiger partial charge in [-0.05, 0) is 25.2 Å². The van der Waals surface area contributed by atoms with Crippen LogP contribution in [0.1, 0.15) is 16.1 Å². The Labute approximate surface area is 171 Å². The van der Waals surface area contributed by atoms with Gasteiger partial charge in [0.1, 0.15) is 12.4 Å². The molecule has 1 aromatic carbocycles. The molecule has 7 nitrogen and oxygen atoms in total. The van der Waals surface area contributed by atoms with E-state index in [-0.39, 0.29) is 5.91 Å². The van der Waals surface area contributed by atoms with Gasteiger partial charge >= 0.3 is 0 Å². The molecule has 0 aliphatic carbocycles. The highest BCUT2D eigenvalue weighted by Crippen LogP contribution is 2.40. The molecule has 0 radical (unpaired) electrons. The fourth-order valence-corrected chi connectivity index (χ4v) is 3.39. The second-order valence-corrected chi connectivity index (χ2v) is 6.81. The van der Waals surface area contributed by atoms with Crippen LogP contribution in [0, 0.1) is 11.6 Å². The molecule has 0 spiro atoms. The number of halogens is 2. The van der Waals surface area contributed by atoms with Gasteiger partial charge < -0.3 is 25.7 Å². The van der Waals surface area contributed by atoms with E-state index in [2.05, 4.69) is 25.9 Å². The van der Waals surface area contributed by atoms with Crippen molar-refractivity contribution >= 4 is 17.3 Å². The molecule has 0 atom stereocenters. The predicted octanol–water partition coefficient (Wildman–Crippen LogP) is 2.98. The highest BCUT2D eigenvalue weighted by Gasteiger charge is 2.28. The summed E-state index contributed by atoms with van der Waals surface area (Å²) in [6.07, 6.45) is 3.85. The SMILES string of the molecule is CNCCOc1cnccc1-c1[nH]c2c(c1Nc1ccc(F)c(F)c1)C(=O)NCC2. The first kappa shape index (κ1) is 19.8. The van der Waals surface area contributed by atoms with E-state index in [0.717, 1.165) is 17.8 Å². The lowest BCUT2D eigenvalue weighted by Crippen LogP contribution is -2.31. The molecule has 0 saturated carbocycles. The van der Waals surface area contributed by atoms with Gasteiger partial charge in [-0.1, -0.05) is 0 Å². The summed E-state index contributed by atoms with van der Waals surface area (Å²) in [4.78, 5) is 20.0. The van der Waals surface area contributed by atoms with E-state index in [1.807, 2.05) is 7.05 Å². The molecule has 30 heavy (non-hydrogen) atoms. The molecule has 0 unspecified atom stereocenters. The smallest absolute Gasteiger partial charge is 0.255 e. The number of aromatic nitrogens is 2. The van der Waals surface area contributed by atoms with E-state index in [9.17, 15) is 13.6 Å². The van der Waals surface area contributed by atoms with Gasteiger partial charge in [-0.3, -0.25) is 9.78 Å². The lowest BCUT2D eigenvalue weighted by Gasteiger charge is -2.16. The number of hydrogen-bond donors (Lipinski definition) is 4. The van der Waals surface area contributed by atoms with Gasteiger partial charge in [0.05, 0.1) is 23.1 Å². The Balaban J connectivity index is 1.81. The summed E-state index contributed by atoms with van der Waals surface area (Å²) in [5, 5.41) is 8.92. The van der Waals surface area contributed by atoms with Crippen LogP contribution >= 0.6 is 0 Å². The quantitative estimate of drug-likeness (QED) is 0.447. The largest absolute Gasteiger partial charge is 0.490 e. The molecule has 1 aliphatic rings. The molecule has 4 N–H and O–H groups in total. The Morgan fingerprint density at radius 2 is 2.10 bits per heavy atom. The summed E-state index contributed by atoms with van der Waals surface area (Å²) in [6.45, 7) is 1.60. The Kier molecular flexibility index (Phi) is 5.62. The molecule has 3 heterocycles. The number of amides is 1. The first-order valence-electron chi connectivity index (χ1n) is 9.55.